The minimum absolute atomic E-state index is 0.0916. The van der Waals surface area contributed by atoms with Gasteiger partial charge in [-0.25, -0.2) is 4.79 Å². The molecule has 1 N–H and O–H groups in total. The average molecular weight is 383 g/mol. The third kappa shape index (κ3) is 2.89. The molecule has 4 rings (SSSR count). The fraction of sp³-hybridized carbons (Fsp3) is 0.524. The molecule has 7 heteroatoms. The summed E-state index contributed by atoms with van der Waals surface area (Å²) in [6.45, 7) is 8.20. The van der Waals surface area contributed by atoms with Gasteiger partial charge in [-0.05, 0) is 38.8 Å². The van der Waals surface area contributed by atoms with Crippen molar-refractivity contribution < 1.29 is 9.59 Å². The highest BCUT2D eigenvalue weighted by molar-refractivity contribution is 6.00. The van der Waals surface area contributed by atoms with E-state index in [2.05, 4.69) is 47.2 Å². The van der Waals surface area contributed by atoms with Crippen molar-refractivity contribution in [2.24, 2.45) is 0 Å². The van der Waals surface area contributed by atoms with Crippen LogP contribution in [0.25, 0.3) is 0 Å². The second-order valence-electron chi connectivity index (χ2n) is 7.92. The maximum absolute atomic E-state index is 13.2. The van der Waals surface area contributed by atoms with Gasteiger partial charge in [-0.2, -0.15) is 0 Å². The Labute approximate surface area is 166 Å². The number of hydrogen-bond donors (Lipinski definition) is 1. The van der Waals surface area contributed by atoms with Crippen molar-refractivity contribution in [1.82, 2.24) is 20.0 Å². The van der Waals surface area contributed by atoms with Crippen molar-refractivity contribution in [2.75, 3.05) is 31.6 Å². The lowest BCUT2D eigenvalue weighted by Gasteiger charge is -2.44. The lowest BCUT2D eigenvalue weighted by Crippen LogP contribution is -2.66. The van der Waals surface area contributed by atoms with Crippen molar-refractivity contribution in [3.8, 4) is 0 Å². The van der Waals surface area contributed by atoms with Gasteiger partial charge >= 0.3 is 6.03 Å². The van der Waals surface area contributed by atoms with E-state index in [1.54, 1.807) is 11.9 Å². The number of likely N-dealkylation sites (N-methyl/N-ethyl adjacent to an activating group) is 1. The zero-order chi connectivity index (χ0) is 20.0. The monoisotopic (exact) mass is 383 g/mol. The second kappa shape index (κ2) is 7.22. The van der Waals surface area contributed by atoms with Crippen molar-refractivity contribution in [3.63, 3.8) is 0 Å². The first-order valence-corrected chi connectivity index (χ1v) is 9.99. The predicted octanol–water partition coefficient (Wildman–Crippen LogP) is 1.87. The first-order valence-electron chi connectivity index (χ1n) is 9.99. The minimum atomic E-state index is -0.355. The first-order chi connectivity index (χ1) is 13.4. The molecule has 0 spiro atoms. The van der Waals surface area contributed by atoms with Gasteiger partial charge < -0.3 is 9.80 Å². The molecule has 150 valence electrons. The Morgan fingerprint density at radius 2 is 2.00 bits per heavy atom. The van der Waals surface area contributed by atoms with Crippen molar-refractivity contribution in [2.45, 2.75) is 45.7 Å². The van der Waals surface area contributed by atoms with Crippen LogP contribution in [0.15, 0.2) is 30.4 Å². The summed E-state index contributed by atoms with van der Waals surface area (Å²) in [7, 11) is 1.78. The number of aryl methyl sites for hydroxylation is 2. The van der Waals surface area contributed by atoms with E-state index in [1.807, 2.05) is 19.1 Å². The molecule has 0 bridgehead atoms. The molecule has 7 nitrogen and oxygen atoms in total. The third-order valence-corrected chi connectivity index (χ3v) is 6.06. The van der Waals surface area contributed by atoms with Crippen LogP contribution < -0.4 is 10.2 Å². The van der Waals surface area contributed by atoms with Gasteiger partial charge in [-0.3, -0.25) is 19.9 Å². The highest BCUT2D eigenvalue weighted by Gasteiger charge is 2.55. The smallest absolute Gasteiger partial charge is 0.328 e. The molecule has 0 aliphatic carbocycles. The maximum Gasteiger partial charge on any atom is 0.328 e. The molecule has 0 aromatic heterocycles. The number of amides is 3. The van der Waals surface area contributed by atoms with Gasteiger partial charge in [0.05, 0.1) is 0 Å². The SMILES string of the molecule is C/C=C/CN1C(=O)C2C(NC3N(c4ccc(C)cc4C)CCCN23)N(C)C1=O. The Morgan fingerprint density at radius 1 is 1.21 bits per heavy atom. The van der Waals surface area contributed by atoms with Crippen molar-refractivity contribution in [1.29, 1.82) is 0 Å². The van der Waals surface area contributed by atoms with Gasteiger partial charge in [0, 0.05) is 32.4 Å². The number of benzene rings is 1. The van der Waals surface area contributed by atoms with Gasteiger partial charge in [0.1, 0.15) is 18.5 Å². The number of urea groups is 1. The number of rotatable bonds is 3. The summed E-state index contributed by atoms with van der Waals surface area (Å²) in [5.74, 6) is -0.108. The minimum Gasteiger partial charge on any atom is -0.343 e. The molecule has 28 heavy (non-hydrogen) atoms. The number of carbonyl (C=O) groups excluding carboxylic acids is 2. The molecule has 3 unspecified atom stereocenters. The van der Waals surface area contributed by atoms with Crippen LogP contribution in [0.4, 0.5) is 10.5 Å². The zero-order valence-electron chi connectivity index (χ0n) is 17.1. The van der Waals surface area contributed by atoms with Crippen LogP contribution in [0.5, 0.6) is 0 Å². The van der Waals surface area contributed by atoms with Crippen molar-refractivity contribution in [3.05, 3.63) is 41.5 Å². The topological polar surface area (TPSA) is 59.1 Å². The molecule has 1 aromatic rings. The molecule has 3 saturated heterocycles. The number of hydrogen-bond acceptors (Lipinski definition) is 5. The van der Waals surface area contributed by atoms with Gasteiger partial charge in [0.15, 0.2) is 0 Å². The number of anilines is 1. The zero-order valence-corrected chi connectivity index (χ0v) is 17.1. The summed E-state index contributed by atoms with van der Waals surface area (Å²) >= 11 is 0. The number of carbonyl (C=O) groups is 2. The van der Waals surface area contributed by atoms with E-state index in [1.165, 1.54) is 21.7 Å². The number of fused-ring (bicyclic) bond motifs is 3. The summed E-state index contributed by atoms with van der Waals surface area (Å²) in [4.78, 5) is 33.6. The lowest BCUT2D eigenvalue weighted by molar-refractivity contribution is -0.138. The molecular weight excluding hydrogens is 354 g/mol. The molecule has 0 saturated carbocycles. The van der Waals surface area contributed by atoms with E-state index in [9.17, 15) is 9.59 Å². The molecule has 3 heterocycles. The Morgan fingerprint density at radius 3 is 2.71 bits per heavy atom. The summed E-state index contributed by atoms with van der Waals surface area (Å²) in [6, 6.07) is 5.88. The molecule has 3 aliphatic rings. The number of nitrogens with zero attached hydrogens (tertiary/aromatic N) is 4. The molecule has 3 aliphatic heterocycles. The first kappa shape index (κ1) is 19.0. The van der Waals surface area contributed by atoms with Crippen LogP contribution >= 0.6 is 0 Å². The normalized spacial score (nSPS) is 28.3. The Hall–Kier alpha value is -2.38. The van der Waals surface area contributed by atoms with Crippen LogP contribution in [0.3, 0.4) is 0 Å². The summed E-state index contributed by atoms with van der Waals surface area (Å²) in [6.07, 6.45) is 4.30. The van der Waals surface area contributed by atoms with Crippen LogP contribution in [-0.4, -0.2) is 71.8 Å². The Kier molecular flexibility index (Phi) is 4.89. The summed E-state index contributed by atoms with van der Waals surface area (Å²) in [5, 5.41) is 3.56. The van der Waals surface area contributed by atoms with Gasteiger partial charge in [0.2, 0.25) is 0 Å². The molecule has 3 fully saturated rings. The average Bonchev–Trinajstić information content (AvgIpc) is 3.06. The largest absolute Gasteiger partial charge is 0.343 e. The highest BCUT2D eigenvalue weighted by atomic mass is 16.2. The van der Waals surface area contributed by atoms with E-state index >= 15 is 0 Å². The Balaban J connectivity index is 1.66. The number of allylic oxidation sites excluding steroid dienone is 1. The van der Waals surface area contributed by atoms with E-state index < -0.39 is 0 Å². The molecule has 3 amide bonds. The second-order valence-corrected chi connectivity index (χ2v) is 7.92. The van der Waals surface area contributed by atoms with Gasteiger partial charge in [-0.1, -0.05) is 29.8 Å². The third-order valence-electron chi connectivity index (χ3n) is 6.06. The van der Waals surface area contributed by atoms with Crippen LogP contribution in [0, 0.1) is 13.8 Å². The number of nitrogens with one attached hydrogen (secondary N) is 1. The fourth-order valence-electron chi connectivity index (χ4n) is 4.67. The predicted molar refractivity (Wildman–Crippen MR) is 109 cm³/mol. The van der Waals surface area contributed by atoms with Gasteiger partial charge in [0.25, 0.3) is 5.91 Å². The highest BCUT2D eigenvalue weighted by Crippen LogP contribution is 2.34. The van der Waals surface area contributed by atoms with Gasteiger partial charge in [-0.15, -0.1) is 0 Å². The van der Waals surface area contributed by atoms with E-state index in [-0.39, 0.29) is 30.4 Å². The van der Waals surface area contributed by atoms with Crippen molar-refractivity contribution >= 4 is 17.6 Å². The van der Waals surface area contributed by atoms with Crippen LogP contribution in [0.1, 0.15) is 24.5 Å². The van der Waals surface area contributed by atoms with E-state index in [0.717, 1.165) is 19.5 Å². The van der Waals surface area contributed by atoms with Crippen LogP contribution in [-0.2, 0) is 4.79 Å². The maximum atomic E-state index is 13.2. The molecular formula is C21H29N5O2. The lowest BCUT2D eigenvalue weighted by atomic mass is 10.1. The standard InChI is InChI=1S/C21H29N5O2/c1-5-6-10-26-19(27)17-18(23(4)21(26)28)22-20-24(11-7-12-25(17)20)16-9-8-14(2)13-15(16)3/h5-6,8-9,13,17-18,20,22H,7,10-12H2,1-4H3/b6-5+. The van der Waals surface area contributed by atoms with E-state index in [4.69, 9.17) is 0 Å². The fourth-order valence-corrected chi connectivity index (χ4v) is 4.67. The Bertz CT molecular complexity index is 823. The summed E-state index contributed by atoms with van der Waals surface area (Å²) < 4.78 is 0. The molecule has 3 atom stereocenters. The van der Waals surface area contributed by atoms with Crippen LogP contribution in [0.2, 0.25) is 0 Å². The quantitative estimate of drug-likeness (QED) is 0.808. The molecule has 1 aromatic carbocycles. The number of imide groups is 1. The summed E-state index contributed by atoms with van der Waals surface area (Å²) in [5.41, 5.74) is 3.64. The molecule has 0 radical (unpaired) electrons. The van der Waals surface area contributed by atoms with E-state index in [0.29, 0.717) is 6.54 Å².